The number of fused-ring (bicyclic) bond motifs is 2. The lowest BCUT2D eigenvalue weighted by Crippen LogP contribution is -2.38. The molecular weight excluding hydrogens is 490 g/mol. The smallest absolute Gasteiger partial charge is 0.344 e. The minimum Gasteiger partial charge on any atom is -0.481 e. The summed E-state index contributed by atoms with van der Waals surface area (Å²) in [5.41, 5.74) is 0.556. The molecule has 1 amide bonds. The zero-order valence-electron chi connectivity index (χ0n) is 22.3. The van der Waals surface area contributed by atoms with Crippen molar-refractivity contribution in [3.8, 4) is 28.4 Å². The molecule has 2 aromatic carbocycles. The van der Waals surface area contributed by atoms with Crippen LogP contribution in [0.5, 0.6) is 17.2 Å². The van der Waals surface area contributed by atoms with Gasteiger partial charge in [-0.05, 0) is 77.4 Å². The Bertz CT molecular complexity index is 1350. The first-order valence-electron chi connectivity index (χ1n) is 12.2. The van der Waals surface area contributed by atoms with E-state index in [0.717, 1.165) is 11.1 Å². The van der Waals surface area contributed by atoms with Gasteiger partial charge in [-0.25, -0.2) is 4.79 Å². The van der Waals surface area contributed by atoms with Crippen molar-refractivity contribution < 1.29 is 37.7 Å². The fourth-order valence-corrected chi connectivity index (χ4v) is 3.88. The predicted octanol–water partition coefficient (Wildman–Crippen LogP) is 5.76. The SMILES string of the molecule is CC(C)(C)OC(=O)COc1cccc2c1C(=O)N(CC(=O)OC(C)(C)C)c1cc(-c3ccoc3)ccc1O2. The molecule has 0 aliphatic carbocycles. The number of ether oxygens (including phenoxy) is 4. The van der Waals surface area contributed by atoms with Crippen LogP contribution in [0.3, 0.4) is 0 Å². The third-order valence-corrected chi connectivity index (χ3v) is 5.24. The largest absolute Gasteiger partial charge is 0.481 e. The van der Waals surface area contributed by atoms with Gasteiger partial charge in [0.25, 0.3) is 5.91 Å². The molecular formula is C29H31NO8. The summed E-state index contributed by atoms with van der Waals surface area (Å²) in [6.45, 7) is 9.72. The number of rotatable bonds is 6. The molecule has 0 radical (unpaired) electrons. The second kappa shape index (κ2) is 10.2. The van der Waals surface area contributed by atoms with Crippen LogP contribution in [0.1, 0.15) is 51.9 Å². The normalized spacial score (nSPS) is 13.1. The van der Waals surface area contributed by atoms with E-state index in [4.69, 9.17) is 23.4 Å². The highest BCUT2D eigenvalue weighted by Gasteiger charge is 2.34. The van der Waals surface area contributed by atoms with Gasteiger partial charge in [0.15, 0.2) is 12.4 Å². The molecule has 0 fully saturated rings. The highest BCUT2D eigenvalue weighted by atomic mass is 16.6. The quantitative estimate of drug-likeness (QED) is 0.377. The number of anilines is 1. The topological polar surface area (TPSA) is 105 Å². The number of benzene rings is 2. The van der Waals surface area contributed by atoms with Gasteiger partial charge in [0, 0.05) is 5.56 Å². The van der Waals surface area contributed by atoms with E-state index in [2.05, 4.69) is 0 Å². The average Bonchev–Trinajstić information content (AvgIpc) is 3.30. The number of hydrogen-bond donors (Lipinski definition) is 0. The van der Waals surface area contributed by atoms with Gasteiger partial charge in [0.2, 0.25) is 0 Å². The van der Waals surface area contributed by atoms with E-state index in [0.29, 0.717) is 11.4 Å². The summed E-state index contributed by atoms with van der Waals surface area (Å²) in [6, 6.07) is 11.9. The molecule has 1 aliphatic heterocycles. The van der Waals surface area contributed by atoms with Crippen LogP contribution in [0.4, 0.5) is 5.69 Å². The van der Waals surface area contributed by atoms with Crippen molar-refractivity contribution in [2.75, 3.05) is 18.1 Å². The summed E-state index contributed by atoms with van der Waals surface area (Å²) in [4.78, 5) is 40.5. The van der Waals surface area contributed by atoms with Crippen molar-refractivity contribution in [1.82, 2.24) is 0 Å². The first-order chi connectivity index (χ1) is 17.8. The van der Waals surface area contributed by atoms with E-state index < -0.39 is 35.7 Å². The Hall–Kier alpha value is -4.27. The second-order valence-corrected chi connectivity index (χ2v) is 10.8. The molecule has 0 saturated carbocycles. The summed E-state index contributed by atoms with van der Waals surface area (Å²) in [6.07, 6.45) is 3.13. The summed E-state index contributed by atoms with van der Waals surface area (Å²) < 4.78 is 27.9. The van der Waals surface area contributed by atoms with Crippen molar-refractivity contribution in [2.24, 2.45) is 0 Å². The molecule has 0 N–H and O–H groups in total. The Morgan fingerprint density at radius 2 is 1.58 bits per heavy atom. The van der Waals surface area contributed by atoms with Gasteiger partial charge in [-0.1, -0.05) is 12.1 Å². The maximum atomic E-state index is 14.0. The summed E-state index contributed by atoms with van der Waals surface area (Å²) >= 11 is 0. The van der Waals surface area contributed by atoms with Crippen LogP contribution in [-0.2, 0) is 19.1 Å². The highest BCUT2D eigenvalue weighted by Crippen LogP contribution is 2.43. The van der Waals surface area contributed by atoms with E-state index in [9.17, 15) is 14.4 Å². The Labute approximate surface area is 221 Å². The van der Waals surface area contributed by atoms with Gasteiger partial charge in [0.1, 0.15) is 34.8 Å². The van der Waals surface area contributed by atoms with Gasteiger partial charge < -0.3 is 23.4 Å². The zero-order chi connectivity index (χ0) is 27.7. The van der Waals surface area contributed by atoms with Crippen LogP contribution in [0.2, 0.25) is 0 Å². The molecule has 1 aromatic heterocycles. The Balaban J connectivity index is 1.74. The van der Waals surface area contributed by atoms with Gasteiger partial charge in [-0.3, -0.25) is 14.5 Å². The molecule has 200 valence electrons. The van der Waals surface area contributed by atoms with Crippen LogP contribution in [0.25, 0.3) is 11.1 Å². The number of carbonyl (C=O) groups is 3. The Morgan fingerprint density at radius 1 is 0.868 bits per heavy atom. The fraction of sp³-hybridized carbons (Fsp3) is 0.345. The van der Waals surface area contributed by atoms with E-state index in [-0.39, 0.29) is 23.6 Å². The lowest BCUT2D eigenvalue weighted by atomic mass is 10.1. The van der Waals surface area contributed by atoms with E-state index >= 15 is 0 Å². The van der Waals surface area contributed by atoms with Crippen LogP contribution >= 0.6 is 0 Å². The van der Waals surface area contributed by atoms with Crippen molar-refractivity contribution >= 4 is 23.5 Å². The van der Waals surface area contributed by atoms with Crippen molar-refractivity contribution in [3.63, 3.8) is 0 Å². The van der Waals surface area contributed by atoms with Crippen LogP contribution in [0, 0.1) is 0 Å². The third-order valence-electron chi connectivity index (χ3n) is 5.24. The van der Waals surface area contributed by atoms with E-state index in [1.165, 1.54) is 4.90 Å². The Morgan fingerprint density at radius 3 is 2.24 bits per heavy atom. The predicted molar refractivity (Wildman–Crippen MR) is 140 cm³/mol. The first kappa shape index (κ1) is 26.8. The minimum atomic E-state index is -0.746. The highest BCUT2D eigenvalue weighted by molar-refractivity contribution is 6.13. The maximum absolute atomic E-state index is 14.0. The maximum Gasteiger partial charge on any atom is 0.344 e. The minimum absolute atomic E-state index is 0.0701. The van der Waals surface area contributed by atoms with Gasteiger partial charge in [0.05, 0.1) is 18.2 Å². The Kier molecular flexibility index (Phi) is 7.22. The standard InChI is InChI=1S/C29H31NO8/c1-28(2,3)37-24(31)15-30-20-14-18(19-12-13-34-16-19)10-11-21(20)36-23-9-7-8-22(26(23)27(30)33)35-17-25(32)38-29(4,5)6/h7-14,16H,15,17H2,1-6H3. The van der Waals surface area contributed by atoms with Gasteiger partial charge in [-0.15, -0.1) is 0 Å². The molecule has 1 aliphatic rings. The van der Waals surface area contributed by atoms with E-state index in [1.54, 1.807) is 90.5 Å². The van der Waals surface area contributed by atoms with Crippen LogP contribution in [0.15, 0.2) is 59.4 Å². The molecule has 0 unspecified atom stereocenters. The first-order valence-corrected chi connectivity index (χ1v) is 12.2. The van der Waals surface area contributed by atoms with Crippen molar-refractivity contribution in [1.29, 1.82) is 0 Å². The van der Waals surface area contributed by atoms with Crippen molar-refractivity contribution in [2.45, 2.75) is 52.7 Å². The summed E-state index contributed by atoms with van der Waals surface area (Å²) in [5, 5.41) is 0. The number of esters is 2. The van der Waals surface area contributed by atoms with Crippen LogP contribution in [-0.4, -0.2) is 42.2 Å². The molecule has 3 aromatic rings. The zero-order valence-corrected chi connectivity index (χ0v) is 22.3. The number of amides is 1. The number of hydrogen-bond acceptors (Lipinski definition) is 8. The number of nitrogens with zero attached hydrogens (tertiary/aromatic N) is 1. The van der Waals surface area contributed by atoms with E-state index in [1.807, 2.05) is 6.07 Å². The number of furan rings is 1. The molecule has 0 atom stereocenters. The lowest BCUT2D eigenvalue weighted by molar-refractivity contribution is -0.157. The van der Waals surface area contributed by atoms with Gasteiger partial charge >= 0.3 is 11.9 Å². The van der Waals surface area contributed by atoms with Gasteiger partial charge in [-0.2, -0.15) is 0 Å². The monoisotopic (exact) mass is 521 g/mol. The molecule has 0 spiro atoms. The van der Waals surface area contributed by atoms with Crippen LogP contribution < -0.4 is 14.4 Å². The molecule has 38 heavy (non-hydrogen) atoms. The average molecular weight is 522 g/mol. The molecule has 4 rings (SSSR count). The molecule has 9 nitrogen and oxygen atoms in total. The summed E-state index contributed by atoms with van der Waals surface area (Å²) in [7, 11) is 0. The molecule has 2 heterocycles. The molecule has 0 bridgehead atoms. The molecule has 0 saturated heterocycles. The third kappa shape index (κ3) is 6.34. The molecule has 9 heteroatoms. The fourth-order valence-electron chi connectivity index (χ4n) is 3.88. The summed E-state index contributed by atoms with van der Waals surface area (Å²) in [5.74, 6) is -1.03. The lowest BCUT2D eigenvalue weighted by Gasteiger charge is -2.25. The van der Waals surface area contributed by atoms with Crippen molar-refractivity contribution in [3.05, 3.63) is 60.6 Å². The number of carbonyl (C=O) groups excluding carboxylic acids is 3. The second-order valence-electron chi connectivity index (χ2n) is 10.8.